The van der Waals surface area contributed by atoms with E-state index in [2.05, 4.69) is 25.1 Å². The Kier molecular flexibility index (Phi) is 3.86. The third-order valence-corrected chi connectivity index (χ3v) is 4.54. The first-order valence-electron chi connectivity index (χ1n) is 7.06. The summed E-state index contributed by atoms with van der Waals surface area (Å²) in [5, 5.41) is 2.13. The summed E-state index contributed by atoms with van der Waals surface area (Å²) in [6, 6.07) is 12.3. The predicted molar refractivity (Wildman–Crippen MR) is 82.7 cm³/mol. The first-order valence-corrected chi connectivity index (χ1v) is 7.49. The molecule has 3 atom stereocenters. The van der Waals surface area contributed by atoms with Crippen molar-refractivity contribution in [2.24, 2.45) is 0 Å². The van der Waals surface area contributed by atoms with E-state index in [9.17, 15) is 0 Å². The maximum atomic E-state index is 6.69. The molecular formula is C17H19ClO2. The molecule has 1 heterocycles. The van der Waals surface area contributed by atoms with Crippen molar-refractivity contribution in [3.05, 3.63) is 42.0 Å². The summed E-state index contributed by atoms with van der Waals surface area (Å²) >= 11 is 6.69. The highest BCUT2D eigenvalue weighted by Gasteiger charge is 2.30. The van der Waals surface area contributed by atoms with E-state index < -0.39 is 0 Å². The summed E-state index contributed by atoms with van der Waals surface area (Å²) in [4.78, 5) is 0. The zero-order chi connectivity index (χ0) is 14.1. The third-order valence-electron chi connectivity index (χ3n) is 4.03. The average Bonchev–Trinajstić information content (AvgIpc) is 2.92. The lowest BCUT2D eigenvalue weighted by molar-refractivity contribution is 0.0535. The van der Waals surface area contributed by atoms with Gasteiger partial charge in [-0.2, -0.15) is 0 Å². The second-order valence-corrected chi connectivity index (χ2v) is 5.84. The summed E-state index contributed by atoms with van der Waals surface area (Å²) in [6.45, 7) is 2.11. The van der Waals surface area contributed by atoms with Crippen LogP contribution in [0.15, 0.2) is 36.4 Å². The van der Waals surface area contributed by atoms with Crippen LogP contribution >= 0.6 is 11.6 Å². The lowest BCUT2D eigenvalue weighted by atomic mass is 9.97. The lowest BCUT2D eigenvalue weighted by Gasteiger charge is -2.20. The van der Waals surface area contributed by atoms with Gasteiger partial charge >= 0.3 is 0 Å². The number of halogens is 1. The summed E-state index contributed by atoms with van der Waals surface area (Å²) in [7, 11) is 1.70. The Bertz CT molecular complexity index is 611. The molecule has 1 aliphatic heterocycles. The molecule has 3 heteroatoms. The van der Waals surface area contributed by atoms with E-state index in [-0.39, 0.29) is 11.5 Å². The smallest absolute Gasteiger partial charge is 0.126 e. The molecule has 20 heavy (non-hydrogen) atoms. The van der Waals surface area contributed by atoms with Crippen LogP contribution in [0, 0.1) is 0 Å². The zero-order valence-corrected chi connectivity index (χ0v) is 12.6. The van der Waals surface area contributed by atoms with Crippen LogP contribution in [0.25, 0.3) is 10.8 Å². The van der Waals surface area contributed by atoms with E-state index in [4.69, 9.17) is 21.1 Å². The molecule has 106 valence electrons. The van der Waals surface area contributed by atoms with Gasteiger partial charge < -0.3 is 9.47 Å². The molecule has 0 bridgehead atoms. The van der Waals surface area contributed by atoms with Crippen molar-refractivity contribution in [2.75, 3.05) is 7.11 Å². The van der Waals surface area contributed by atoms with E-state index in [1.807, 2.05) is 18.2 Å². The second kappa shape index (κ2) is 5.63. The number of rotatable bonds is 3. The van der Waals surface area contributed by atoms with Gasteiger partial charge in [0.1, 0.15) is 5.75 Å². The Labute approximate surface area is 124 Å². The third kappa shape index (κ3) is 2.38. The SMILES string of the molecule is COc1ccc(C(Cl)C2CCC(C)O2)c2ccccc12. The maximum Gasteiger partial charge on any atom is 0.126 e. The Hall–Kier alpha value is -1.25. The number of hydrogen-bond donors (Lipinski definition) is 0. The van der Waals surface area contributed by atoms with Crippen molar-refractivity contribution in [1.82, 2.24) is 0 Å². The van der Waals surface area contributed by atoms with Crippen LogP contribution in [0.2, 0.25) is 0 Å². The van der Waals surface area contributed by atoms with E-state index in [0.29, 0.717) is 6.10 Å². The van der Waals surface area contributed by atoms with Gasteiger partial charge in [-0.05, 0) is 36.8 Å². The van der Waals surface area contributed by atoms with E-state index in [1.165, 1.54) is 0 Å². The Morgan fingerprint density at radius 3 is 2.55 bits per heavy atom. The second-order valence-electron chi connectivity index (χ2n) is 5.37. The van der Waals surface area contributed by atoms with E-state index in [0.717, 1.165) is 34.9 Å². The molecular weight excluding hydrogens is 272 g/mol. The number of alkyl halides is 1. The molecule has 0 aliphatic carbocycles. The highest BCUT2D eigenvalue weighted by molar-refractivity contribution is 6.22. The molecule has 3 unspecified atom stereocenters. The summed E-state index contributed by atoms with van der Waals surface area (Å²) in [5.41, 5.74) is 1.13. The summed E-state index contributed by atoms with van der Waals surface area (Å²) in [6.07, 6.45) is 2.52. The van der Waals surface area contributed by atoms with Gasteiger partial charge in [0.2, 0.25) is 0 Å². The summed E-state index contributed by atoms with van der Waals surface area (Å²) < 4.78 is 11.4. The van der Waals surface area contributed by atoms with Gasteiger partial charge in [0.05, 0.1) is 24.7 Å². The van der Waals surface area contributed by atoms with Gasteiger partial charge in [-0.1, -0.05) is 30.3 Å². The molecule has 1 fully saturated rings. The number of benzene rings is 2. The van der Waals surface area contributed by atoms with Crippen LogP contribution in [-0.2, 0) is 4.74 Å². The van der Waals surface area contributed by atoms with Gasteiger partial charge in [0.25, 0.3) is 0 Å². The van der Waals surface area contributed by atoms with Crippen molar-refractivity contribution in [2.45, 2.75) is 37.4 Å². The highest BCUT2D eigenvalue weighted by atomic mass is 35.5. The average molecular weight is 291 g/mol. The minimum absolute atomic E-state index is 0.100. The molecule has 2 aromatic rings. The molecule has 2 nitrogen and oxygen atoms in total. The molecule has 0 amide bonds. The molecule has 0 radical (unpaired) electrons. The molecule has 1 saturated heterocycles. The number of fused-ring (bicyclic) bond motifs is 1. The molecule has 0 N–H and O–H groups in total. The topological polar surface area (TPSA) is 18.5 Å². The highest BCUT2D eigenvalue weighted by Crippen LogP contribution is 2.39. The van der Waals surface area contributed by atoms with Gasteiger partial charge in [0.15, 0.2) is 0 Å². The Morgan fingerprint density at radius 2 is 1.90 bits per heavy atom. The van der Waals surface area contributed by atoms with Gasteiger partial charge in [-0.3, -0.25) is 0 Å². The molecule has 1 aliphatic rings. The van der Waals surface area contributed by atoms with Crippen molar-refractivity contribution in [1.29, 1.82) is 0 Å². The van der Waals surface area contributed by atoms with Crippen LogP contribution in [0.3, 0.4) is 0 Å². The van der Waals surface area contributed by atoms with Crippen molar-refractivity contribution >= 4 is 22.4 Å². The van der Waals surface area contributed by atoms with Crippen LogP contribution in [0.4, 0.5) is 0 Å². The Balaban J connectivity index is 2.03. The van der Waals surface area contributed by atoms with Crippen LogP contribution < -0.4 is 4.74 Å². The lowest BCUT2D eigenvalue weighted by Crippen LogP contribution is -2.15. The van der Waals surface area contributed by atoms with Crippen LogP contribution in [0.5, 0.6) is 5.75 Å². The molecule has 3 rings (SSSR count). The maximum absolute atomic E-state index is 6.69. The van der Waals surface area contributed by atoms with E-state index in [1.54, 1.807) is 7.11 Å². The van der Waals surface area contributed by atoms with Gasteiger partial charge in [-0.25, -0.2) is 0 Å². The van der Waals surface area contributed by atoms with Crippen LogP contribution in [-0.4, -0.2) is 19.3 Å². The van der Waals surface area contributed by atoms with Crippen molar-refractivity contribution in [3.8, 4) is 5.75 Å². The Morgan fingerprint density at radius 1 is 1.15 bits per heavy atom. The van der Waals surface area contributed by atoms with Crippen LogP contribution in [0.1, 0.15) is 30.7 Å². The van der Waals surface area contributed by atoms with Crippen molar-refractivity contribution in [3.63, 3.8) is 0 Å². The fraction of sp³-hybridized carbons (Fsp3) is 0.412. The standard InChI is InChI=1S/C17H19ClO2/c1-11-7-9-16(20-11)17(18)14-8-10-15(19-2)13-6-4-3-5-12(13)14/h3-6,8,10-11,16-17H,7,9H2,1-2H3. The minimum atomic E-state index is -0.115. The first kappa shape index (κ1) is 13.7. The predicted octanol–water partition coefficient (Wildman–Crippen LogP) is 4.70. The van der Waals surface area contributed by atoms with Crippen molar-refractivity contribution < 1.29 is 9.47 Å². The van der Waals surface area contributed by atoms with E-state index >= 15 is 0 Å². The fourth-order valence-corrected chi connectivity index (χ4v) is 3.34. The van der Waals surface area contributed by atoms with Gasteiger partial charge in [-0.15, -0.1) is 11.6 Å². The quantitative estimate of drug-likeness (QED) is 0.763. The fourth-order valence-electron chi connectivity index (χ4n) is 2.96. The number of hydrogen-bond acceptors (Lipinski definition) is 2. The minimum Gasteiger partial charge on any atom is -0.496 e. The molecule has 0 saturated carbocycles. The van der Waals surface area contributed by atoms with Gasteiger partial charge in [0, 0.05) is 5.39 Å². The summed E-state index contributed by atoms with van der Waals surface area (Å²) in [5.74, 6) is 0.883. The number of methoxy groups -OCH3 is 1. The largest absolute Gasteiger partial charge is 0.496 e. The zero-order valence-electron chi connectivity index (χ0n) is 11.8. The number of ether oxygens (including phenoxy) is 2. The molecule has 2 aromatic carbocycles. The monoisotopic (exact) mass is 290 g/mol. The molecule has 0 spiro atoms. The molecule has 0 aromatic heterocycles. The normalized spacial score (nSPS) is 23.9. The first-order chi connectivity index (χ1) is 9.70.